The minimum atomic E-state index is -4.41. The average Bonchev–Trinajstić information content (AvgIpc) is 3.14. The van der Waals surface area contributed by atoms with Gasteiger partial charge in [-0.05, 0) is 24.5 Å². The summed E-state index contributed by atoms with van der Waals surface area (Å²) < 4.78 is 38.1. The summed E-state index contributed by atoms with van der Waals surface area (Å²) in [6.07, 6.45) is -2.14. The molecule has 128 valence electrons. The molecule has 3 heterocycles. The molecule has 0 N–H and O–H groups in total. The summed E-state index contributed by atoms with van der Waals surface area (Å²) in [4.78, 5) is 4.63. The minimum absolute atomic E-state index is 0.409. The van der Waals surface area contributed by atoms with Crippen molar-refractivity contribution in [1.29, 1.82) is 0 Å². The molecule has 8 heteroatoms. The highest BCUT2D eigenvalue weighted by atomic mass is 32.1. The normalized spacial score (nSPS) is 21.5. The van der Waals surface area contributed by atoms with Crippen LogP contribution in [0.1, 0.15) is 28.4 Å². The molecule has 24 heavy (non-hydrogen) atoms. The standard InChI is InChI=1S/C16H17F3N4S/c17-16(18,19)15-21-20-14(24-15)10-22-8-11-4-1-2-6-13(11)23-7-3-5-12(23)9-22/h1-2,4,6,12H,3,5,7-10H2/t12-/m0/s1. The van der Waals surface area contributed by atoms with Gasteiger partial charge in [0.15, 0.2) is 0 Å². The third kappa shape index (κ3) is 3.00. The number of rotatable bonds is 2. The molecule has 0 spiro atoms. The Morgan fingerprint density at radius 2 is 2.04 bits per heavy atom. The molecule has 0 saturated carbocycles. The minimum Gasteiger partial charge on any atom is -0.367 e. The molecule has 0 bridgehead atoms. The summed E-state index contributed by atoms with van der Waals surface area (Å²) in [5.74, 6) is 0. The fraction of sp³-hybridized carbons (Fsp3) is 0.500. The van der Waals surface area contributed by atoms with Crippen LogP contribution < -0.4 is 4.90 Å². The van der Waals surface area contributed by atoms with Gasteiger partial charge in [-0.25, -0.2) is 0 Å². The average molecular weight is 354 g/mol. The number of aromatic nitrogens is 2. The Labute approximate surface area is 141 Å². The van der Waals surface area contributed by atoms with Crippen molar-refractivity contribution < 1.29 is 13.2 Å². The van der Waals surface area contributed by atoms with Crippen molar-refractivity contribution in [3.63, 3.8) is 0 Å². The van der Waals surface area contributed by atoms with E-state index in [1.807, 2.05) is 12.1 Å². The zero-order valence-electron chi connectivity index (χ0n) is 13.0. The molecule has 0 radical (unpaired) electrons. The van der Waals surface area contributed by atoms with Gasteiger partial charge in [0, 0.05) is 31.4 Å². The molecule has 4 rings (SSSR count). The quantitative estimate of drug-likeness (QED) is 0.826. The second-order valence-corrected chi connectivity index (χ2v) is 7.35. The summed E-state index contributed by atoms with van der Waals surface area (Å²) in [6.45, 7) is 3.03. The van der Waals surface area contributed by atoms with E-state index < -0.39 is 11.2 Å². The second kappa shape index (κ2) is 6.00. The SMILES string of the molecule is FC(F)(F)c1nnc(CN2Cc3ccccc3N3CCC[C@H]3C2)s1. The van der Waals surface area contributed by atoms with Gasteiger partial charge in [0.05, 0.1) is 6.54 Å². The summed E-state index contributed by atoms with van der Waals surface area (Å²) in [5, 5.41) is 6.59. The van der Waals surface area contributed by atoms with E-state index in [-0.39, 0.29) is 0 Å². The maximum atomic E-state index is 12.7. The first kappa shape index (κ1) is 15.8. The number of hydrogen-bond acceptors (Lipinski definition) is 5. The van der Waals surface area contributed by atoms with Gasteiger partial charge in [0.1, 0.15) is 5.01 Å². The molecule has 2 aromatic rings. The number of para-hydroxylation sites is 1. The molecule has 0 aliphatic carbocycles. The molecule has 4 nitrogen and oxygen atoms in total. The van der Waals surface area contributed by atoms with Crippen molar-refractivity contribution in [2.45, 2.75) is 38.1 Å². The van der Waals surface area contributed by atoms with Crippen LogP contribution in [0.3, 0.4) is 0 Å². The zero-order valence-corrected chi connectivity index (χ0v) is 13.8. The van der Waals surface area contributed by atoms with Gasteiger partial charge in [-0.3, -0.25) is 4.90 Å². The lowest BCUT2D eigenvalue weighted by molar-refractivity contribution is -0.138. The Balaban J connectivity index is 1.57. The van der Waals surface area contributed by atoms with E-state index >= 15 is 0 Å². The lowest BCUT2D eigenvalue weighted by Crippen LogP contribution is -2.37. The molecule has 1 aromatic heterocycles. The number of halogens is 3. The predicted octanol–water partition coefficient (Wildman–Crippen LogP) is 3.54. The lowest BCUT2D eigenvalue weighted by Gasteiger charge is -2.27. The maximum absolute atomic E-state index is 12.7. The van der Waals surface area contributed by atoms with Gasteiger partial charge in [-0.1, -0.05) is 29.5 Å². The van der Waals surface area contributed by atoms with E-state index in [1.165, 1.54) is 11.3 Å². The number of alkyl halides is 3. The van der Waals surface area contributed by atoms with Crippen LogP contribution in [0.4, 0.5) is 18.9 Å². The maximum Gasteiger partial charge on any atom is 0.445 e. The lowest BCUT2D eigenvalue weighted by atomic mass is 10.1. The van der Waals surface area contributed by atoms with Gasteiger partial charge in [0.25, 0.3) is 0 Å². The second-order valence-electron chi connectivity index (χ2n) is 6.29. The smallest absolute Gasteiger partial charge is 0.367 e. The van der Waals surface area contributed by atoms with Crippen LogP contribution in [0.2, 0.25) is 0 Å². The van der Waals surface area contributed by atoms with E-state index in [4.69, 9.17) is 0 Å². The van der Waals surface area contributed by atoms with Crippen molar-refractivity contribution in [3.05, 3.63) is 39.8 Å². The summed E-state index contributed by atoms with van der Waals surface area (Å²) in [5.41, 5.74) is 2.48. The first-order chi connectivity index (χ1) is 11.5. The van der Waals surface area contributed by atoms with Crippen LogP contribution in [-0.2, 0) is 19.3 Å². The topological polar surface area (TPSA) is 32.3 Å². The molecule has 1 saturated heterocycles. The van der Waals surface area contributed by atoms with E-state index in [1.54, 1.807) is 0 Å². The molecule has 2 aliphatic rings. The summed E-state index contributed by atoms with van der Waals surface area (Å²) in [6, 6.07) is 8.72. The molecular weight excluding hydrogens is 337 g/mol. The van der Waals surface area contributed by atoms with Crippen LogP contribution in [-0.4, -0.2) is 34.2 Å². The van der Waals surface area contributed by atoms with Gasteiger partial charge in [-0.15, -0.1) is 10.2 Å². The number of anilines is 1. The Kier molecular flexibility index (Phi) is 3.96. The number of fused-ring (bicyclic) bond motifs is 3. The van der Waals surface area contributed by atoms with Crippen molar-refractivity contribution in [3.8, 4) is 0 Å². The first-order valence-electron chi connectivity index (χ1n) is 7.97. The molecular formula is C16H17F3N4S. The third-order valence-corrected chi connectivity index (χ3v) is 5.56. The van der Waals surface area contributed by atoms with Crippen LogP contribution in [0.25, 0.3) is 0 Å². The van der Waals surface area contributed by atoms with E-state index in [0.29, 0.717) is 28.9 Å². The molecule has 1 aromatic carbocycles. The van der Waals surface area contributed by atoms with Crippen molar-refractivity contribution in [2.24, 2.45) is 0 Å². The molecule has 0 amide bonds. The Bertz CT molecular complexity index is 730. The van der Waals surface area contributed by atoms with Crippen molar-refractivity contribution >= 4 is 17.0 Å². The van der Waals surface area contributed by atoms with Gasteiger partial charge < -0.3 is 4.90 Å². The molecule has 1 fully saturated rings. The van der Waals surface area contributed by atoms with Gasteiger partial charge >= 0.3 is 6.18 Å². The Morgan fingerprint density at radius 1 is 1.21 bits per heavy atom. The van der Waals surface area contributed by atoms with Crippen LogP contribution in [0.5, 0.6) is 0 Å². The molecule has 2 aliphatic heterocycles. The van der Waals surface area contributed by atoms with E-state index in [9.17, 15) is 13.2 Å². The summed E-state index contributed by atoms with van der Waals surface area (Å²) >= 11 is 0.644. The van der Waals surface area contributed by atoms with E-state index in [2.05, 4.69) is 32.1 Å². The zero-order chi connectivity index (χ0) is 16.7. The number of benzene rings is 1. The van der Waals surface area contributed by atoms with Crippen molar-refractivity contribution in [2.75, 3.05) is 18.0 Å². The molecule has 0 unspecified atom stereocenters. The van der Waals surface area contributed by atoms with Crippen LogP contribution in [0.15, 0.2) is 24.3 Å². The van der Waals surface area contributed by atoms with Gasteiger partial charge in [0.2, 0.25) is 5.01 Å². The summed E-state index contributed by atoms with van der Waals surface area (Å²) in [7, 11) is 0. The van der Waals surface area contributed by atoms with Crippen LogP contribution >= 0.6 is 11.3 Å². The third-order valence-electron chi connectivity index (χ3n) is 4.61. The predicted molar refractivity (Wildman–Crippen MR) is 85.8 cm³/mol. The number of nitrogens with zero attached hydrogens (tertiary/aromatic N) is 4. The fourth-order valence-corrected chi connectivity index (χ4v) is 4.36. The fourth-order valence-electron chi connectivity index (χ4n) is 3.61. The van der Waals surface area contributed by atoms with Crippen LogP contribution in [0, 0.1) is 0 Å². The van der Waals surface area contributed by atoms with Crippen molar-refractivity contribution in [1.82, 2.24) is 15.1 Å². The first-order valence-corrected chi connectivity index (χ1v) is 8.79. The Morgan fingerprint density at radius 3 is 2.83 bits per heavy atom. The highest BCUT2D eigenvalue weighted by Crippen LogP contribution is 2.35. The highest BCUT2D eigenvalue weighted by molar-refractivity contribution is 7.11. The van der Waals surface area contributed by atoms with Gasteiger partial charge in [-0.2, -0.15) is 13.2 Å². The Hall–Kier alpha value is -1.67. The number of hydrogen-bond donors (Lipinski definition) is 0. The largest absolute Gasteiger partial charge is 0.445 e. The molecule has 1 atom stereocenters. The highest BCUT2D eigenvalue weighted by Gasteiger charge is 2.36. The van der Waals surface area contributed by atoms with E-state index in [0.717, 1.165) is 32.5 Å². The monoisotopic (exact) mass is 354 g/mol.